The summed E-state index contributed by atoms with van der Waals surface area (Å²) in [5.41, 5.74) is 8.73. The average Bonchev–Trinajstić information content (AvgIpc) is 2.83. The van der Waals surface area contributed by atoms with Crippen molar-refractivity contribution < 1.29 is 9.53 Å². The Morgan fingerprint density at radius 2 is 2.32 bits per heavy atom. The maximum atomic E-state index is 11.5. The average molecular weight is 277 g/mol. The molecule has 3 N–H and O–H groups in total. The Hall–Kier alpha value is -2.08. The van der Waals surface area contributed by atoms with E-state index in [0.717, 1.165) is 11.3 Å². The lowest BCUT2D eigenvalue weighted by Gasteiger charge is -2.05. The van der Waals surface area contributed by atoms with Crippen LogP contribution in [0.15, 0.2) is 23.6 Å². The third kappa shape index (κ3) is 3.23. The zero-order valence-corrected chi connectivity index (χ0v) is 11.6. The summed E-state index contributed by atoms with van der Waals surface area (Å²) in [6, 6.07) is 5.68. The number of hydrogen-bond acceptors (Lipinski definition) is 6. The van der Waals surface area contributed by atoms with E-state index in [-0.39, 0.29) is 0 Å². The van der Waals surface area contributed by atoms with Crippen LogP contribution in [0.5, 0.6) is 0 Å². The maximum absolute atomic E-state index is 11.5. The predicted octanol–water partition coefficient (Wildman–Crippen LogP) is 2.95. The number of anilines is 3. The number of esters is 1. The first-order valence-electron chi connectivity index (χ1n) is 5.86. The molecule has 0 aliphatic rings. The normalized spacial score (nSPS) is 10.2. The molecule has 0 radical (unpaired) electrons. The highest BCUT2D eigenvalue weighted by molar-refractivity contribution is 7.14. The van der Waals surface area contributed by atoms with E-state index in [1.807, 2.05) is 25.1 Å². The van der Waals surface area contributed by atoms with Gasteiger partial charge in [0.25, 0.3) is 0 Å². The molecule has 100 valence electrons. The van der Waals surface area contributed by atoms with E-state index in [1.165, 1.54) is 11.3 Å². The molecule has 0 bridgehead atoms. The summed E-state index contributed by atoms with van der Waals surface area (Å²) < 4.78 is 4.88. The predicted molar refractivity (Wildman–Crippen MR) is 76.9 cm³/mol. The molecule has 0 fully saturated rings. The topological polar surface area (TPSA) is 77.2 Å². The van der Waals surface area contributed by atoms with Gasteiger partial charge >= 0.3 is 5.97 Å². The van der Waals surface area contributed by atoms with E-state index in [4.69, 9.17) is 10.5 Å². The molecule has 1 aromatic heterocycles. The highest BCUT2D eigenvalue weighted by atomic mass is 32.1. The number of nitrogens with one attached hydrogen (secondary N) is 1. The summed E-state index contributed by atoms with van der Waals surface area (Å²) in [5.74, 6) is -0.407. The van der Waals surface area contributed by atoms with Crippen LogP contribution in [-0.4, -0.2) is 17.6 Å². The number of carbonyl (C=O) groups excluding carboxylic acids is 1. The van der Waals surface area contributed by atoms with Crippen molar-refractivity contribution in [1.29, 1.82) is 0 Å². The Morgan fingerprint density at radius 1 is 1.53 bits per heavy atom. The molecule has 0 aliphatic carbocycles. The lowest BCUT2D eigenvalue weighted by atomic mass is 10.2. The zero-order chi connectivity index (χ0) is 13.8. The van der Waals surface area contributed by atoms with Crippen LogP contribution >= 0.6 is 11.3 Å². The first-order valence-corrected chi connectivity index (χ1v) is 6.74. The number of nitrogens with zero attached hydrogens (tertiary/aromatic N) is 1. The smallest absolute Gasteiger partial charge is 0.357 e. The zero-order valence-electron chi connectivity index (χ0n) is 10.8. The van der Waals surface area contributed by atoms with Crippen LogP contribution in [0.4, 0.5) is 16.5 Å². The number of hydrogen-bond donors (Lipinski definition) is 2. The van der Waals surface area contributed by atoms with Crippen LogP contribution in [0.1, 0.15) is 23.0 Å². The minimum Gasteiger partial charge on any atom is -0.461 e. The molecule has 19 heavy (non-hydrogen) atoms. The number of rotatable bonds is 4. The van der Waals surface area contributed by atoms with Crippen molar-refractivity contribution >= 4 is 33.8 Å². The van der Waals surface area contributed by atoms with Crippen molar-refractivity contribution in [2.45, 2.75) is 13.8 Å². The van der Waals surface area contributed by atoms with Crippen molar-refractivity contribution in [3.05, 3.63) is 34.8 Å². The minimum atomic E-state index is -0.407. The second kappa shape index (κ2) is 5.71. The number of aromatic nitrogens is 1. The molecular formula is C13H15N3O2S. The fourth-order valence-corrected chi connectivity index (χ4v) is 2.17. The van der Waals surface area contributed by atoms with Gasteiger partial charge in [0.15, 0.2) is 10.8 Å². The van der Waals surface area contributed by atoms with Gasteiger partial charge < -0.3 is 15.8 Å². The molecule has 0 aliphatic heterocycles. The van der Waals surface area contributed by atoms with Gasteiger partial charge in [0.05, 0.1) is 6.61 Å². The fourth-order valence-electron chi connectivity index (χ4n) is 1.47. The number of aryl methyl sites for hydroxylation is 1. The third-order valence-corrected chi connectivity index (χ3v) is 3.28. The number of nitrogens with two attached hydrogens (primary N) is 1. The van der Waals surface area contributed by atoms with Gasteiger partial charge in [-0.25, -0.2) is 9.78 Å². The third-order valence-electron chi connectivity index (χ3n) is 2.52. The van der Waals surface area contributed by atoms with E-state index in [2.05, 4.69) is 10.3 Å². The fraction of sp³-hybridized carbons (Fsp3) is 0.231. The Kier molecular flexibility index (Phi) is 4.01. The minimum absolute atomic E-state index is 0.314. The molecular weight excluding hydrogens is 262 g/mol. The van der Waals surface area contributed by atoms with Gasteiger partial charge in [-0.05, 0) is 31.5 Å². The summed E-state index contributed by atoms with van der Waals surface area (Å²) >= 11 is 1.34. The molecule has 2 rings (SSSR count). The summed E-state index contributed by atoms with van der Waals surface area (Å²) in [7, 11) is 0. The molecule has 0 spiro atoms. The van der Waals surface area contributed by atoms with Gasteiger partial charge in [0.1, 0.15) is 0 Å². The highest BCUT2D eigenvalue weighted by Crippen LogP contribution is 2.24. The number of thiazole rings is 1. The second-order valence-corrected chi connectivity index (χ2v) is 4.81. The number of carbonyl (C=O) groups is 1. The van der Waals surface area contributed by atoms with Crippen LogP contribution in [0.3, 0.4) is 0 Å². The summed E-state index contributed by atoms with van der Waals surface area (Å²) in [5, 5.41) is 5.40. The van der Waals surface area contributed by atoms with Crippen molar-refractivity contribution in [2.24, 2.45) is 0 Å². The Morgan fingerprint density at radius 3 is 3.00 bits per heavy atom. The van der Waals surface area contributed by atoms with Crippen molar-refractivity contribution in [2.75, 3.05) is 17.7 Å². The Labute approximate surface area is 115 Å². The standard InChI is InChI=1S/C13H15N3O2S/c1-3-18-12(17)11-7-19-13(16-11)15-9-5-4-8(2)10(14)6-9/h4-7H,3,14H2,1-2H3,(H,15,16). The Balaban J connectivity index is 2.11. The largest absolute Gasteiger partial charge is 0.461 e. The van der Waals surface area contributed by atoms with E-state index < -0.39 is 5.97 Å². The number of ether oxygens (including phenoxy) is 1. The van der Waals surface area contributed by atoms with Crippen LogP contribution in [-0.2, 0) is 4.74 Å². The lowest BCUT2D eigenvalue weighted by Crippen LogP contribution is -2.05. The van der Waals surface area contributed by atoms with Crippen LogP contribution in [0.25, 0.3) is 0 Å². The molecule has 0 saturated heterocycles. The van der Waals surface area contributed by atoms with Gasteiger partial charge in [-0.15, -0.1) is 11.3 Å². The second-order valence-electron chi connectivity index (χ2n) is 3.95. The first-order chi connectivity index (χ1) is 9.10. The molecule has 0 atom stereocenters. The van der Waals surface area contributed by atoms with Gasteiger partial charge in [-0.1, -0.05) is 6.07 Å². The number of nitrogen functional groups attached to an aromatic ring is 1. The van der Waals surface area contributed by atoms with Gasteiger partial charge in [-0.3, -0.25) is 0 Å². The van der Waals surface area contributed by atoms with E-state index in [9.17, 15) is 4.79 Å². The quantitative estimate of drug-likeness (QED) is 0.663. The molecule has 5 nitrogen and oxygen atoms in total. The van der Waals surface area contributed by atoms with Crippen LogP contribution in [0, 0.1) is 6.92 Å². The molecule has 2 aromatic rings. The van der Waals surface area contributed by atoms with Gasteiger partial charge in [0.2, 0.25) is 0 Å². The SMILES string of the molecule is CCOC(=O)c1csc(Nc2ccc(C)c(N)c2)n1. The summed E-state index contributed by atoms with van der Waals surface area (Å²) in [6.45, 7) is 4.05. The van der Waals surface area contributed by atoms with Gasteiger partial charge in [0, 0.05) is 16.8 Å². The highest BCUT2D eigenvalue weighted by Gasteiger charge is 2.11. The monoisotopic (exact) mass is 277 g/mol. The molecule has 6 heteroatoms. The van der Waals surface area contributed by atoms with Crippen molar-refractivity contribution in [1.82, 2.24) is 4.98 Å². The number of benzene rings is 1. The molecule has 1 aromatic carbocycles. The molecule has 0 amide bonds. The summed E-state index contributed by atoms with van der Waals surface area (Å²) in [6.07, 6.45) is 0. The van der Waals surface area contributed by atoms with Gasteiger partial charge in [-0.2, -0.15) is 0 Å². The van der Waals surface area contributed by atoms with E-state index in [0.29, 0.717) is 23.1 Å². The Bertz CT molecular complexity index is 595. The summed E-state index contributed by atoms with van der Waals surface area (Å²) in [4.78, 5) is 15.7. The van der Waals surface area contributed by atoms with Crippen LogP contribution < -0.4 is 11.1 Å². The molecule has 0 saturated carbocycles. The van der Waals surface area contributed by atoms with Crippen molar-refractivity contribution in [3.8, 4) is 0 Å². The maximum Gasteiger partial charge on any atom is 0.357 e. The molecule has 0 unspecified atom stereocenters. The van der Waals surface area contributed by atoms with E-state index >= 15 is 0 Å². The molecule has 1 heterocycles. The lowest BCUT2D eigenvalue weighted by molar-refractivity contribution is 0.0520. The van der Waals surface area contributed by atoms with E-state index in [1.54, 1.807) is 12.3 Å². The first kappa shape index (κ1) is 13.4. The van der Waals surface area contributed by atoms with Crippen LogP contribution in [0.2, 0.25) is 0 Å². The van der Waals surface area contributed by atoms with Crippen molar-refractivity contribution in [3.63, 3.8) is 0 Å².